The average Bonchev–Trinajstić information content (AvgIpc) is 3.34. The van der Waals surface area contributed by atoms with Crippen LogP contribution in [0.3, 0.4) is 0 Å². The van der Waals surface area contributed by atoms with E-state index in [0.29, 0.717) is 18.8 Å². The second kappa shape index (κ2) is 6.15. The van der Waals surface area contributed by atoms with Crippen molar-refractivity contribution in [3.63, 3.8) is 0 Å². The monoisotopic (exact) mass is 324 g/mol. The number of nitrogens with zero attached hydrogens (tertiary/aromatic N) is 1. The fraction of sp³-hybridized carbons (Fsp3) is 0.368. The van der Waals surface area contributed by atoms with E-state index in [1.54, 1.807) is 17.2 Å². The van der Waals surface area contributed by atoms with Crippen LogP contribution in [0.15, 0.2) is 47.1 Å². The number of benzene rings is 1. The van der Waals surface area contributed by atoms with Gasteiger partial charge in [0.1, 0.15) is 11.8 Å². The van der Waals surface area contributed by atoms with Gasteiger partial charge in [0.25, 0.3) is 0 Å². The molecule has 1 aliphatic carbocycles. The summed E-state index contributed by atoms with van der Waals surface area (Å²) in [6, 6.07) is 11.0. The number of furan rings is 1. The van der Waals surface area contributed by atoms with Crippen molar-refractivity contribution in [3.05, 3.63) is 59.5 Å². The first-order valence-corrected chi connectivity index (χ1v) is 8.42. The SMILES string of the molecule is O=C(NCc1ccco1)[C@@H]1c2ccccc2CCN1C(=O)C1CC1. The quantitative estimate of drug-likeness (QED) is 0.939. The number of carbonyl (C=O) groups is 2. The molecular weight excluding hydrogens is 304 g/mol. The summed E-state index contributed by atoms with van der Waals surface area (Å²) in [6.07, 6.45) is 4.27. The Kier molecular flexibility index (Phi) is 3.84. The molecule has 24 heavy (non-hydrogen) atoms. The molecule has 0 bridgehead atoms. The molecule has 0 radical (unpaired) electrons. The van der Waals surface area contributed by atoms with Crippen LogP contribution in [0.2, 0.25) is 0 Å². The Morgan fingerprint density at radius 3 is 2.75 bits per heavy atom. The van der Waals surface area contributed by atoms with E-state index in [2.05, 4.69) is 5.32 Å². The van der Waals surface area contributed by atoms with Gasteiger partial charge < -0.3 is 14.6 Å². The minimum Gasteiger partial charge on any atom is -0.467 e. The highest BCUT2D eigenvalue weighted by Gasteiger charge is 2.41. The van der Waals surface area contributed by atoms with E-state index < -0.39 is 6.04 Å². The van der Waals surface area contributed by atoms with Crippen LogP contribution in [0.4, 0.5) is 0 Å². The number of amides is 2. The largest absolute Gasteiger partial charge is 0.467 e. The van der Waals surface area contributed by atoms with Gasteiger partial charge in [-0.3, -0.25) is 9.59 Å². The van der Waals surface area contributed by atoms with Gasteiger partial charge in [0.05, 0.1) is 12.8 Å². The fourth-order valence-corrected chi connectivity index (χ4v) is 3.34. The fourth-order valence-electron chi connectivity index (χ4n) is 3.34. The summed E-state index contributed by atoms with van der Waals surface area (Å²) in [5.41, 5.74) is 2.09. The van der Waals surface area contributed by atoms with Gasteiger partial charge in [-0.15, -0.1) is 0 Å². The second-order valence-corrected chi connectivity index (χ2v) is 6.45. The van der Waals surface area contributed by atoms with Crippen LogP contribution >= 0.6 is 0 Å². The predicted molar refractivity (Wildman–Crippen MR) is 87.9 cm³/mol. The van der Waals surface area contributed by atoms with Gasteiger partial charge in [-0.25, -0.2) is 0 Å². The highest BCUT2D eigenvalue weighted by molar-refractivity contribution is 5.91. The topological polar surface area (TPSA) is 62.6 Å². The second-order valence-electron chi connectivity index (χ2n) is 6.45. The van der Waals surface area contributed by atoms with Crippen LogP contribution in [0.25, 0.3) is 0 Å². The maximum absolute atomic E-state index is 12.9. The van der Waals surface area contributed by atoms with Gasteiger partial charge in [-0.05, 0) is 42.5 Å². The standard InChI is InChI=1S/C19H20N2O3/c22-18(20-12-15-5-3-11-24-15)17-16-6-2-1-4-13(16)9-10-21(17)19(23)14-7-8-14/h1-6,11,14,17H,7-10,12H2,(H,20,22)/t17-/m0/s1. The highest BCUT2D eigenvalue weighted by Crippen LogP contribution is 2.37. The number of hydrogen-bond acceptors (Lipinski definition) is 3. The molecule has 124 valence electrons. The van der Waals surface area contributed by atoms with Gasteiger partial charge in [0, 0.05) is 12.5 Å². The van der Waals surface area contributed by atoms with Crippen molar-refractivity contribution >= 4 is 11.8 Å². The predicted octanol–water partition coefficient (Wildman–Crippen LogP) is 2.43. The molecule has 1 fully saturated rings. The van der Waals surface area contributed by atoms with Gasteiger partial charge in [0.15, 0.2) is 0 Å². The summed E-state index contributed by atoms with van der Waals surface area (Å²) in [6.45, 7) is 0.932. The van der Waals surface area contributed by atoms with Crippen LogP contribution in [-0.2, 0) is 22.6 Å². The normalized spacial score (nSPS) is 19.7. The number of fused-ring (bicyclic) bond motifs is 1. The third-order valence-electron chi connectivity index (χ3n) is 4.76. The van der Waals surface area contributed by atoms with E-state index in [1.165, 1.54) is 0 Å². The molecule has 5 heteroatoms. The Hall–Kier alpha value is -2.56. The first kappa shape index (κ1) is 15.0. The molecule has 1 aromatic carbocycles. The summed E-state index contributed by atoms with van der Waals surface area (Å²) >= 11 is 0. The lowest BCUT2D eigenvalue weighted by molar-refractivity contribution is -0.142. The molecule has 1 N–H and O–H groups in total. The Morgan fingerprint density at radius 2 is 2.00 bits per heavy atom. The molecule has 2 amide bonds. The summed E-state index contributed by atoms with van der Waals surface area (Å²) in [7, 11) is 0. The van der Waals surface area contributed by atoms with Gasteiger partial charge >= 0.3 is 0 Å². The summed E-state index contributed by atoms with van der Waals surface area (Å²) in [5, 5.41) is 2.91. The molecule has 2 heterocycles. The van der Waals surface area contributed by atoms with Gasteiger partial charge in [-0.2, -0.15) is 0 Å². The Labute approximate surface area is 140 Å². The van der Waals surface area contributed by atoms with Crippen molar-refractivity contribution in [1.29, 1.82) is 0 Å². The summed E-state index contributed by atoms with van der Waals surface area (Å²) < 4.78 is 5.27. The minimum absolute atomic E-state index is 0.107. The van der Waals surface area contributed by atoms with E-state index in [9.17, 15) is 9.59 Å². The molecule has 1 aromatic heterocycles. The Balaban J connectivity index is 1.59. The molecule has 2 aliphatic rings. The first-order valence-electron chi connectivity index (χ1n) is 8.42. The van der Waals surface area contributed by atoms with Gasteiger partial charge in [0.2, 0.25) is 11.8 Å². The molecule has 1 aliphatic heterocycles. The Morgan fingerprint density at radius 1 is 1.17 bits per heavy atom. The van der Waals surface area contributed by atoms with Crippen molar-refractivity contribution in [2.24, 2.45) is 5.92 Å². The molecule has 1 atom stereocenters. The van der Waals surface area contributed by atoms with Crippen molar-refractivity contribution in [2.45, 2.75) is 31.8 Å². The van der Waals surface area contributed by atoms with Crippen LogP contribution in [0, 0.1) is 5.92 Å². The number of hydrogen-bond donors (Lipinski definition) is 1. The molecular formula is C19H20N2O3. The number of rotatable bonds is 4. The Bertz CT molecular complexity index is 750. The number of carbonyl (C=O) groups excluding carboxylic acids is 2. The zero-order valence-corrected chi connectivity index (χ0v) is 13.4. The molecule has 1 saturated carbocycles. The molecule has 0 unspecified atom stereocenters. The summed E-state index contributed by atoms with van der Waals surface area (Å²) in [5.74, 6) is 0.776. The van der Waals surface area contributed by atoms with Crippen LogP contribution in [0.5, 0.6) is 0 Å². The third kappa shape index (κ3) is 2.82. The van der Waals surface area contributed by atoms with E-state index in [0.717, 1.165) is 30.4 Å². The lowest BCUT2D eigenvalue weighted by Crippen LogP contribution is -2.47. The van der Waals surface area contributed by atoms with Crippen LogP contribution in [-0.4, -0.2) is 23.3 Å². The lowest BCUT2D eigenvalue weighted by Gasteiger charge is -2.36. The zero-order chi connectivity index (χ0) is 16.5. The number of nitrogens with one attached hydrogen (secondary N) is 1. The van der Waals surface area contributed by atoms with Gasteiger partial charge in [-0.1, -0.05) is 24.3 Å². The van der Waals surface area contributed by atoms with E-state index >= 15 is 0 Å². The van der Waals surface area contributed by atoms with E-state index in [1.807, 2.05) is 30.3 Å². The van der Waals surface area contributed by atoms with Crippen molar-refractivity contribution < 1.29 is 14.0 Å². The van der Waals surface area contributed by atoms with Crippen molar-refractivity contribution in [1.82, 2.24) is 10.2 Å². The maximum Gasteiger partial charge on any atom is 0.247 e. The smallest absolute Gasteiger partial charge is 0.247 e. The highest BCUT2D eigenvalue weighted by atomic mass is 16.3. The van der Waals surface area contributed by atoms with Crippen LogP contribution < -0.4 is 5.32 Å². The third-order valence-corrected chi connectivity index (χ3v) is 4.76. The molecule has 2 aromatic rings. The van der Waals surface area contributed by atoms with Crippen LogP contribution in [0.1, 0.15) is 35.8 Å². The minimum atomic E-state index is -0.544. The summed E-state index contributed by atoms with van der Waals surface area (Å²) in [4.78, 5) is 27.3. The average molecular weight is 324 g/mol. The van der Waals surface area contributed by atoms with E-state index in [4.69, 9.17) is 4.42 Å². The molecule has 0 saturated heterocycles. The lowest BCUT2D eigenvalue weighted by atomic mass is 9.91. The van der Waals surface area contributed by atoms with Crippen molar-refractivity contribution in [2.75, 3.05) is 6.54 Å². The molecule has 5 nitrogen and oxygen atoms in total. The maximum atomic E-state index is 12.9. The molecule has 0 spiro atoms. The van der Waals surface area contributed by atoms with E-state index in [-0.39, 0.29) is 17.7 Å². The molecule has 4 rings (SSSR count). The zero-order valence-electron chi connectivity index (χ0n) is 13.4. The van der Waals surface area contributed by atoms with Crippen molar-refractivity contribution in [3.8, 4) is 0 Å². The first-order chi connectivity index (χ1) is 11.7.